The van der Waals surface area contributed by atoms with Crippen molar-refractivity contribution in [2.24, 2.45) is 0 Å². The Morgan fingerprint density at radius 2 is 2.07 bits per heavy atom. The van der Waals surface area contributed by atoms with Crippen LogP contribution in [0.1, 0.15) is 65.0 Å². The number of hydrogen-bond donors (Lipinski definition) is 0. The third-order valence-electron chi connectivity index (χ3n) is 5.00. The number of aromatic nitrogens is 2. The predicted octanol–water partition coefficient (Wildman–Crippen LogP) is 5.13. The van der Waals surface area contributed by atoms with E-state index in [1.54, 1.807) is 6.20 Å². The van der Waals surface area contributed by atoms with Crippen LogP contribution in [0, 0.1) is 0 Å². The van der Waals surface area contributed by atoms with E-state index in [1.807, 2.05) is 37.8 Å². The van der Waals surface area contributed by atoms with E-state index in [-0.39, 0.29) is 6.09 Å². The fourth-order valence-corrected chi connectivity index (χ4v) is 3.69. The van der Waals surface area contributed by atoms with Gasteiger partial charge in [0.1, 0.15) is 5.60 Å². The molecule has 0 saturated carbocycles. The summed E-state index contributed by atoms with van der Waals surface area (Å²) >= 11 is 0. The van der Waals surface area contributed by atoms with Crippen LogP contribution in [-0.4, -0.2) is 39.1 Å². The zero-order chi connectivity index (χ0) is 19.3. The van der Waals surface area contributed by atoms with Crippen molar-refractivity contribution in [2.75, 3.05) is 6.54 Å². The van der Waals surface area contributed by atoms with E-state index in [4.69, 9.17) is 4.74 Å². The Morgan fingerprint density at radius 1 is 1.22 bits per heavy atom. The minimum Gasteiger partial charge on any atom is -0.444 e. The van der Waals surface area contributed by atoms with Gasteiger partial charge in [0.15, 0.2) is 5.65 Å². The maximum Gasteiger partial charge on any atom is 0.410 e. The number of fused-ring (bicyclic) bond motifs is 1. The van der Waals surface area contributed by atoms with Crippen molar-refractivity contribution in [3.63, 3.8) is 0 Å². The molecule has 1 amide bonds. The van der Waals surface area contributed by atoms with Crippen LogP contribution >= 0.6 is 0 Å². The Labute approximate surface area is 162 Å². The first kappa shape index (κ1) is 19.6. The molecule has 1 unspecified atom stereocenters. The van der Waals surface area contributed by atoms with Gasteiger partial charge in [0.25, 0.3) is 0 Å². The monoisotopic (exact) mass is 369 g/mol. The molecule has 2 aromatic heterocycles. The molecular weight excluding hydrogens is 338 g/mol. The lowest BCUT2D eigenvalue weighted by molar-refractivity contribution is 0.0218. The maximum absolute atomic E-state index is 12.3. The third kappa shape index (κ3) is 5.65. The topological polar surface area (TPSA) is 55.3 Å². The van der Waals surface area contributed by atoms with E-state index < -0.39 is 5.60 Å². The lowest BCUT2D eigenvalue weighted by Gasteiger charge is -2.28. The van der Waals surface area contributed by atoms with Crippen molar-refractivity contribution < 1.29 is 9.53 Å². The molecule has 5 heteroatoms. The summed E-state index contributed by atoms with van der Waals surface area (Å²) in [6.07, 6.45) is 9.25. The molecule has 0 bridgehead atoms. The Balaban J connectivity index is 1.40. The molecular formula is C22H31N3O2. The summed E-state index contributed by atoms with van der Waals surface area (Å²) in [5.41, 5.74) is 1.51. The van der Waals surface area contributed by atoms with Gasteiger partial charge in [-0.15, -0.1) is 0 Å². The molecule has 1 aliphatic heterocycles. The lowest BCUT2D eigenvalue weighted by Crippen LogP contribution is -2.39. The summed E-state index contributed by atoms with van der Waals surface area (Å²) in [6, 6.07) is 8.51. The van der Waals surface area contributed by atoms with Crippen molar-refractivity contribution in [1.29, 1.82) is 0 Å². The summed E-state index contributed by atoms with van der Waals surface area (Å²) in [7, 11) is 0. The second-order valence-electron chi connectivity index (χ2n) is 8.42. The van der Waals surface area contributed by atoms with Gasteiger partial charge < -0.3 is 9.64 Å². The van der Waals surface area contributed by atoms with Gasteiger partial charge in [-0.05, 0) is 77.1 Å². The van der Waals surface area contributed by atoms with E-state index in [9.17, 15) is 4.79 Å². The van der Waals surface area contributed by atoms with Gasteiger partial charge in [0.05, 0.1) is 0 Å². The lowest BCUT2D eigenvalue weighted by atomic mass is 10.0. The van der Waals surface area contributed by atoms with Crippen molar-refractivity contribution in [1.82, 2.24) is 14.9 Å². The van der Waals surface area contributed by atoms with Gasteiger partial charge >= 0.3 is 6.09 Å². The Kier molecular flexibility index (Phi) is 6.30. The Bertz CT molecular complexity index is 769. The zero-order valence-corrected chi connectivity index (χ0v) is 16.8. The molecule has 0 radical (unpaired) electrons. The molecule has 27 heavy (non-hydrogen) atoms. The van der Waals surface area contributed by atoms with Gasteiger partial charge in [0.2, 0.25) is 0 Å². The van der Waals surface area contributed by atoms with Gasteiger partial charge in [-0.25, -0.2) is 14.8 Å². The molecule has 3 rings (SSSR count). The summed E-state index contributed by atoms with van der Waals surface area (Å²) in [5, 5.41) is 1.09. The van der Waals surface area contributed by atoms with E-state index in [2.05, 4.69) is 22.1 Å². The SMILES string of the molecule is CC(C)(C)OC(=O)N1CCCC1CCCCCc1ccc2cccnc2n1. The molecule has 1 atom stereocenters. The summed E-state index contributed by atoms with van der Waals surface area (Å²) in [4.78, 5) is 23.2. The molecule has 1 aliphatic rings. The molecule has 2 aromatic rings. The first-order chi connectivity index (χ1) is 12.9. The molecule has 1 saturated heterocycles. The Hall–Kier alpha value is -2.17. The number of hydrogen-bond acceptors (Lipinski definition) is 4. The Morgan fingerprint density at radius 3 is 2.89 bits per heavy atom. The molecule has 0 N–H and O–H groups in total. The van der Waals surface area contributed by atoms with Gasteiger partial charge in [-0.2, -0.15) is 0 Å². The summed E-state index contributed by atoms with van der Waals surface area (Å²) in [5.74, 6) is 0. The van der Waals surface area contributed by atoms with Crippen molar-refractivity contribution in [3.8, 4) is 0 Å². The fraction of sp³-hybridized carbons (Fsp3) is 0.591. The highest BCUT2D eigenvalue weighted by molar-refractivity contribution is 5.74. The maximum atomic E-state index is 12.3. The van der Waals surface area contributed by atoms with Gasteiger partial charge in [-0.1, -0.05) is 12.8 Å². The van der Waals surface area contributed by atoms with Crippen LogP contribution in [-0.2, 0) is 11.2 Å². The standard InChI is InChI=1S/C22H31N3O2/c1-22(2,3)27-21(26)25-16-8-12-19(25)11-6-4-5-10-18-14-13-17-9-7-15-23-20(17)24-18/h7,9,13-15,19H,4-6,8,10-12,16H2,1-3H3. The number of likely N-dealkylation sites (tertiary alicyclic amines) is 1. The highest BCUT2D eigenvalue weighted by Gasteiger charge is 2.31. The van der Waals surface area contributed by atoms with Crippen LogP contribution < -0.4 is 0 Å². The summed E-state index contributed by atoms with van der Waals surface area (Å²) < 4.78 is 5.55. The molecule has 0 spiro atoms. The number of rotatable bonds is 6. The van der Waals surface area contributed by atoms with E-state index in [1.165, 1.54) is 0 Å². The van der Waals surface area contributed by atoms with Crippen molar-refractivity contribution in [3.05, 3.63) is 36.2 Å². The third-order valence-corrected chi connectivity index (χ3v) is 5.00. The molecule has 1 fully saturated rings. The minimum atomic E-state index is -0.425. The van der Waals surface area contributed by atoms with E-state index >= 15 is 0 Å². The van der Waals surface area contributed by atoms with Crippen LogP contribution in [0.2, 0.25) is 0 Å². The van der Waals surface area contributed by atoms with Crippen LogP contribution in [0.4, 0.5) is 4.79 Å². The van der Waals surface area contributed by atoms with Crippen molar-refractivity contribution in [2.45, 2.75) is 77.4 Å². The summed E-state index contributed by atoms with van der Waals surface area (Å²) in [6.45, 7) is 6.60. The first-order valence-electron chi connectivity index (χ1n) is 10.1. The second kappa shape index (κ2) is 8.68. The van der Waals surface area contributed by atoms with Crippen LogP contribution in [0.3, 0.4) is 0 Å². The van der Waals surface area contributed by atoms with Crippen LogP contribution in [0.15, 0.2) is 30.5 Å². The van der Waals surface area contributed by atoms with Crippen LogP contribution in [0.25, 0.3) is 11.0 Å². The second-order valence-corrected chi connectivity index (χ2v) is 8.42. The molecule has 0 aromatic carbocycles. The normalized spacial score (nSPS) is 17.4. The average Bonchev–Trinajstić information content (AvgIpc) is 3.08. The molecule has 3 heterocycles. The number of nitrogens with zero attached hydrogens (tertiary/aromatic N) is 3. The van der Waals surface area contributed by atoms with E-state index in [0.29, 0.717) is 6.04 Å². The molecule has 146 valence electrons. The van der Waals surface area contributed by atoms with E-state index in [0.717, 1.165) is 68.2 Å². The number of unbranched alkanes of at least 4 members (excludes halogenated alkanes) is 2. The van der Waals surface area contributed by atoms with Crippen molar-refractivity contribution >= 4 is 17.1 Å². The first-order valence-corrected chi connectivity index (χ1v) is 10.1. The van der Waals surface area contributed by atoms with Gasteiger partial charge in [-0.3, -0.25) is 0 Å². The average molecular weight is 370 g/mol. The smallest absolute Gasteiger partial charge is 0.410 e. The quantitative estimate of drug-likeness (QED) is 0.662. The largest absolute Gasteiger partial charge is 0.444 e. The number of aryl methyl sites for hydroxylation is 1. The number of ether oxygens (including phenoxy) is 1. The number of carbonyl (C=O) groups is 1. The number of amides is 1. The predicted molar refractivity (Wildman–Crippen MR) is 108 cm³/mol. The zero-order valence-electron chi connectivity index (χ0n) is 16.8. The number of pyridine rings is 2. The highest BCUT2D eigenvalue weighted by Crippen LogP contribution is 2.25. The highest BCUT2D eigenvalue weighted by atomic mass is 16.6. The number of carbonyl (C=O) groups excluding carboxylic acids is 1. The van der Waals surface area contributed by atoms with Crippen LogP contribution in [0.5, 0.6) is 0 Å². The molecule has 0 aliphatic carbocycles. The minimum absolute atomic E-state index is 0.155. The molecule has 5 nitrogen and oxygen atoms in total. The fourth-order valence-electron chi connectivity index (χ4n) is 3.69. The van der Waals surface area contributed by atoms with Gasteiger partial charge in [0, 0.05) is 29.9 Å².